The summed E-state index contributed by atoms with van der Waals surface area (Å²) in [5, 5.41) is 0. The number of carbonyl (C=O) groups is 2. The zero-order chi connectivity index (χ0) is 22.4. The molecule has 3 aliphatic heterocycles. The Bertz CT molecular complexity index is 917. The van der Waals surface area contributed by atoms with Crippen molar-refractivity contribution in [1.82, 2.24) is 9.80 Å². The first-order valence-electron chi connectivity index (χ1n) is 10.8. The van der Waals surface area contributed by atoms with Gasteiger partial charge in [-0.1, -0.05) is 25.1 Å². The van der Waals surface area contributed by atoms with E-state index in [1.54, 1.807) is 17.9 Å². The largest absolute Gasteiger partial charge is 0.450 e. The van der Waals surface area contributed by atoms with Crippen molar-refractivity contribution in [1.29, 1.82) is 0 Å². The van der Waals surface area contributed by atoms with Gasteiger partial charge in [-0.2, -0.15) is 13.2 Å². The molecule has 31 heavy (non-hydrogen) atoms. The van der Waals surface area contributed by atoms with Crippen molar-refractivity contribution in [2.75, 3.05) is 32.7 Å². The Balaban J connectivity index is 1.53. The molecule has 1 amide bonds. The molecule has 0 aromatic heterocycles. The number of ether oxygens (including phenoxy) is 1. The third-order valence-corrected chi connectivity index (χ3v) is 6.91. The molecular weight excluding hydrogens is 409 g/mol. The zero-order valence-corrected chi connectivity index (χ0v) is 17.8. The fourth-order valence-electron chi connectivity index (χ4n) is 5.03. The maximum atomic E-state index is 13.5. The number of esters is 1. The summed E-state index contributed by atoms with van der Waals surface area (Å²) in [6.07, 6.45) is -2.65. The van der Waals surface area contributed by atoms with E-state index < -0.39 is 23.3 Å². The molecule has 3 heterocycles. The molecule has 0 bridgehead atoms. The monoisotopic (exact) mass is 436 g/mol. The van der Waals surface area contributed by atoms with Crippen LogP contribution in [0.2, 0.25) is 0 Å². The van der Waals surface area contributed by atoms with Crippen molar-refractivity contribution >= 4 is 11.9 Å². The molecule has 168 valence electrons. The van der Waals surface area contributed by atoms with Crippen molar-refractivity contribution in [3.05, 3.63) is 46.5 Å². The Morgan fingerprint density at radius 2 is 1.94 bits per heavy atom. The standard InChI is InChI=1S/C23H27F3N2O3/c1-3-27-11-8-22(9-12-27)19(15(2)21(30)31-22)20(29)28-10-7-17(14-28)16-5-4-6-18(13-16)23(24,25)26/h4-6,13,17H,3,7-12,14H2,1-2H3. The normalized spacial score (nSPS) is 24.2. The Kier molecular flexibility index (Phi) is 5.62. The van der Waals surface area contributed by atoms with Crippen LogP contribution in [0.3, 0.4) is 0 Å². The lowest BCUT2D eigenvalue weighted by atomic mass is 9.82. The van der Waals surface area contributed by atoms with Gasteiger partial charge in [-0.15, -0.1) is 0 Å². The summed E-state index contributed by atoms with van der Waals surface area (Å²) in [7, 11) is 0. The highest BCUT2D eigenvalue weighted by Gasteiger charge is 2.52. The quantitative estimate of drug-likeness (QED) is 0.678. The van der Waals surface area contributed by atoms with E-state index in [1.807, 2.05) is 0 Å². The Labute approximate surface area is 179 Å². The molecule has 2 saturated heterocycles. The fraction of sp³-hybridized carbons (Fsp3) is 0.565. The molecule has 0 N–H and O–H groups in total. The number of halogens is 3. The van der Waals surface area contributed by atoms with Gasteiger partial charge in [-0.05, 0) is 31.5 Å². The van der Waals surface area contributed by atoms with Crippen LogP contribution in [0, 0.1) is 0 Å². The zero-order valence-electron chi connectivity index (χ0n) is 17.8. The van der Waals surface area contributed by atoms with Crippen molar-refractivity contribution in [3.8, 4) is 0 Å². The van der Waals surface area contributed by atoms with Gasteiger partial charge >= 0.3 is 12.1 Å². The van der Waals surface area contributed by atoms with Gasteiger partial charge in [0.05, 0.1) is 11.1 Å². The average Bonchev–Trinajstić information content (AvgIpc) is 3.32. The number of carbonyl (C=O) groups excluding carboxylic acids is 2. The Morgan fingerprint density at radius 3 is 2.58 bits per heavy atom. The van der Waals surface area contributed by atoms with E-state index in [4.69, 9.17) is 4.74 Å². The SMILES string of the molecule is CCN1CCC2(CC1)OC(=O)C(C)=C2C(=O)N1CCC(c2cccc(C(F)(F)F)c2)C1. The highest BCUT2D eigenvalue weighted by Crippen LogP contribution is 2.43. The van der Waals surface area contributed by atoms with E-state index in [1.165, 1.54) is 12.1 Å². The molecule has 0 aliphatic carbocycles. The number of rotatable bonds is 3. The fourth-order valence-corrected chi connectivity index (χ4v) is 5.03. The predicted molar refractivity (Wildman–Crippen MR) is 108 cm³/mol. The lowest BCUT2D eigenvalue weighted by Gasteiger charge is -2.39. The van der Waals surface area contributed by atoms with Crippen LogP contribution in [-0.2, 0) is 20.5 Å². The van der Waals surface area contributed by atoms with E-state index in [0.29, 0.717) is 49.1 Å². The van der Waals surface area contributed by atoms with Crippen LogP contribution in [0.25, 0.3) is 0 Å². The van der Waals surface area contributed by atoms with Gasteiger partial charge in [0.15, 0.2) is 0 Å². The van der Waals surface area contributed by atoms with Crippen molar-refractivity contribution in [3.63, 3.8) is 0 Å². The van der Waals surface area contributed by atoms with Crippen LogP contribution in [0.1, 0.15) is 50.2 Å². The first-order chi connectivity index (χ1) is 14.6. The number of likely N-dealkylation sites (tertiary alicyclic amines) is 2. The molecule has 1 atom stereocenters. The second kappa shape index (κ2) is 7.97. The van der Waals surface area contributed by atoms with E-state index in [-0.39, 0.29) is 11.8 Å². The van der Waals surface area contributed by atoms with Crippen LogP contribution in [0.15, 0.2) is 35.4 Å². The summed E-state index contributed by atoms with van der Waals surface area (Å²) >= 11 is 0. The van der Waals surface area contributed by atoms with Crippen molar-refractivity contribution < 1.29 is 27.5 Å². The summed E-state index contributed by atoms with van der Waals surface area (Å²) in [6.45, 7) is 6.90. The highest BCUT2D eigenvalue weighted by atomic mass is 19.4. The minimum atomic E-state index is -4.40. The number of piperidine rings is 1. The van der Waals surface area contributed by atoms with Gasteiger partial charge in [0.2, 0.25) is 0 Å². The lowest BCUT2D eigenvalue weighted by molar-refractivity contribution is -0.151. The molecule has 1 aromatic carbocycles. The van der Waals surface area contributed by atoms with E-state index in [0.717, 1.165) is 25.7 Å². The minimum absolute atomic E-state index is 0.164. The molecule has 4 rings (SSSR count). The average molecular weight is 436 g/mol. The first kappa shape index (κ1) is 21.9. The number of alkyl halides is 3. The van der Waals surface area contributed by atoms with Crippen LogP contribution in [0.5, 0.6) is 0 Å². The number of nitrogens with zero attached hydrogens (tertiary/aromatic N) is 2. The van der Waals surface area contributed by atoms with Gasteiger partial charge < -0.3 is 14.5 Å². The number of hydrogen-bond donors (Lipinski definition) is 0. The molecular formula is C23H27F3N2O3. The third-order valence-electron chi connectivity index (χ3n) is 6.91. The smallest absolute Gasteiger partial charge is 0.416 e. The van der Waals surface area contributed by atoms with Crippen LogP contribution >= 0.6 is 0 Å². The summed E-state index contributed by atoms with van der Waals surface area (Å²) < 4.78 is 45.0. The molecule has 1 spiro atoms. The Hall–Kier alpha value is -2.35. The number of amides is 1. The molecule has 5 nitrogen and oxygen atoms in total. The third kappa shape index (κ3) is 3.97. The second-order valence-corrected chi connectivity index (χ2v) is 8.68. The first-order valence-corrected chi connectivity index (χ1v) is 10.8. The molecule has 2 fully saturated rings. The summed E-state index contributed by atoms with van der Waals surface area (Å²) in [5.41, 5.74) is -0.168. The number of benzene rings is 1. The van der Waals surface area contributed by atoms with Gasteiger partial charge in [-0.3, -0.25) is 4.79 Å². The molecule has 0 radical (unpaired) electrons. The molecule has 1 unspecified atom stereocenters. The van der Waals surface area contributed by atoms with Crippen LogP contribution in [-0.4, -0.2) is 60.0 Å². The maximum Gasteiger partial charge on any atom is 0.416 e. The van der Waals surface area contributed by atoms with Crippen molar-refractivity contribution in [2.24, 2.45) is 0 Å². The highest BCUT2D eigenvalue weighted by molar-refractivity contribution is 6.07. The van der Waals surface area contributed by atoms with Crippen LogP contribution < -0.4 is 0 Å². The molecule has 3 aliphatic rings. The van der Waals surface area contributed by atoms with Crippen molar-refractivity contribution in [2.45, 2.75) is 50.8 Å². The van der Waals surface area contributed by atoms with E-state index in [9.17, 15) is 22.8 Å². The van der Waals surface area contributed by atoms with Gasteiger partial charge in [0, 0.05) is 50.5 Å². The summed E-state index contributed by atoms with van der Waals surface area (Å²) in [4.78, 5) is 29.8. The molecule has 0 saturated carbocycles. The van der Waals surface area contributed by atoms with Gasteiger partial charge in [0.1, 0.15) is 5.60 Å². The van der Waals surface area contributed by atoms with Crippen LogP contribution in [0.4, 0.5) is 13.2 Å². The Morgan fingerprint density at radius 1 is 1.23 bits per heavy atom. The minimum Gasteiger partial charge on any atom is -0.450 e. The second-order valence-electron chi connectivity index (χ2n) is 8.68. The van der Waals surface area contributed by atoms with E-state index in [2.05, 4.69) is 11.8 Å². The topological polar surface area (TPSA) is 49.9 Å². The molecule has 1 aromatic rings. The maximum absolute atomic E-state index is 13.5. The lowest BCUT2D eigenvalue weighted by Crippen LogP contribution is -2.49. The predicted octanol–water partition coefficient (Wildman–Crippen LogP) is 3.75. The summed E-state index contributed by atoms with van der Waals surface area (Å²) in [6, 6.07) is 5.33. The van der Waals surface area contributed by atoms with Gasteiger partial charge in [0.25, 0.3) is 5.91 Å². The summed E-state index contributed by atoms with van der Waals surface area (Å²) in [5.74, 6) is -0.826. The number of hydrogen-bond acceptors (Lipinski definition) is 4. The molecule has 8 heteroatoms. The van der Waals surface area contributed by atoms with E-state index >= 15 is 0 Å². The van der Waals surface area contributed by atoms with Gasteiger partial charge in [-0.25, -0.2) is 4.79 Å².